The lowest BCUT2D eigenvalue weighted by atomic mass is 9.82. The minimum Gasteiger partial charge on any atom is -0.363 e. The zero-order valence-corrected chi connectivity index (χ0v) is 27.7. The maximum atomic E-state index is 14.3. The molecule has 1 aromatic rings. The Kier molecular flexibility index (Phi) is 11.5. The highest BCUT2D eigenvalue weighted by atomic mass is 16.2. The predicted molar refractivity (Wildman–Crippen MR) is 170 cm³/mol. The molecular formula is C34H53N5O5. The van der Waals surface area contributed by atoms with Crippen molar-refractivity contribution in [2.75, 3.05) is 13.2 Å². The van der Waals surface area contributed by atoms with E-state index in [9.17, 15) is 24.0 Å². The summed E-state index contributed by atoms with van der Waals surface area (Å²) >= 11 is 0. The van der Waals surface area contributed by atoms with Crippen LogP contribution in [-0.4, -0.2) is 71.6 Å². The molecule has 1 aliphatic heterocycles. The van der Waals surface area contributed by atoms with Crippen molar-refractivity contribution >= 4 is 29.3 Å². The summed E-state index contributed by atoms with van der Waals surface area (Å²) in [6, 6.07) is 6.20. The van der Waals surface area contributed by atoms with E-state index in [0.29, 0.717) is 24.9 Å². The third kappa shape index (κ3) is 8.97. The van der Waals surface area contributed by atoms with Crippen LogP contribution in [0.15, 0.2) is 30.3 Å². The number of ketones is 2. The number of nitrogens with two attached hydrogens (primary N) is 1. The number of carbonyl (C=O) groups excluding carboxylic acids is 5. The van der Waals surface area contributed by atoms with Crippen LogP contribution < -0.4 is 21.7 Å². The molecule has 5 atom stereocenters. The van der Waals surface area contributed by atoms with E-state index in [2.05, 4.69) is 16.0 Å². The van der Waals surface area contributed by atoms with E-state index >= 15 is 0 Å². The van der Waals surface area contributed by atoms with Gasteiger partial charge in [-0.05, 0) is 41.4 Å². The summed E-state index contributed by atoms with van der Waals surface area (Å²) in [4.78, 5) is 67.5. The second-order valence-electron chi connectivity index (χ2n) is 15.1. The van der Waals surface area contributed by atoms with Crippen LogP contribution in [-0.2, 0) is 19.2 Å². The number of Topliss-reactive ketones (excluding diaryl/α,β-unsaturated/α-hetero) is 2. The first-order valence-electron chi connectivity index (χ1n) is 15.9. The van der Waals surface area contributed by atoms with Crippen LogP contribution in [0, 0.1) is 28.6 Å². The Morgan fingerprint density at radius 3 is 1.95 bits per heavy atom. The topological polar surface area (TPSA) is 151 Å². The highest BCUT2D eigenvalue weighted by Crippen LogP contribution is 2.35. The van der Waals surface area contributed by atoms with Gasteiger partial charge in [0.05, 0.1) is 18.1 Å². The van der Waals surface area contributed by atoms with Crippen molar-refractivity contribution in [3.63, 3.8) is 0 Å². The average Bonchev–Trinajstić information content (AvgIpc) is 3.63. The molecule has 10 heteroatoms. The number of benzene rings is 1. The van der Waals surface area contributed by atoms with Gasteiger partial charge in [0.25, 0.3) is 5.91 Å². The number of likely N-dealkylation sites (tertiary alicyclic amines) is 1. The van der Waals surface area contributed by atoms with Crippen molar-refractivity contribution in [2.24, 2.45) is 34.3 Å². The van der Waals surface area contributed by atoms with E-state index in [1.807, 2.05) is 73.6 Å². The Morgan fingerprint density at radius 2 is 1.45 bits per heavy atom. The van der Waals surface area contributed by atoms with Gasteiger partial charge in [0, 0.05) is 18.8 Å². The van der Waals surface area contributed by atoms with Crippen LogP contribution in [0.3, 0.4) is 0 Å². The SMILES string of the molecule is CC(C)[C@H]1CCN(C(=O)[C@@H](NCN[C@H](C(=O)c2ccccc2)C(C)(C)C)C(C)(C)C)[C@@H]1C(=O)NC(CC1CC1)C(=O)C(N)=O. The molecule has 0 spiro atoms. The first-order chi connectivity index (χ1) is 20.4. The fraction of sp³-hybridized carbons (Fsp3) is 0.676. The van der Waals surface area contributed by atoms with Crippen molar-refractivity contribution in [1.82, 2.24) is 20.9 Å². The third-order valence-corrected chi connectivity index (χ3v) is 8.91. The molecule has 1 aromatic carbocycles. The number of hydrogen-bond acceptors (Lipinski definition) is 7. The second-order valence-corrected chi connectivity index (χ2v) is 15.1. The van der Waals surface area contributed by atoms with Crippen LogP contribution in [0.25, 0.3) is 0 Å². The number of nitrogens with one attached hydrogen (secondary N) is 3. The number of amides is 3. The van der Waals surface area contributed by atoms with Gasteiger partial charge in [-0.15, -0.1) is 0 Å². The van der Waals surface area contributed by atoms with Crippen LogP contribution >= 0.6 is 0 Å². The molecule has 2 aliphatic rings. The maximum Gasteiger partial charge on any atom is 0.287 e. The summed E-state index contributed by atoms with van der Waals surface area (Å²) in [6.45, 7) is 16.5. The zero-order chi connectivity index (χ0) is 33.0. The minimum absolute atomic E-state index is 0.0270. The third-order valence-electron chi connectivity index (χ3n) is 8.91. The van der Waals surface area contributed by atoms with Crippen LogP contribution in [0.4, 0.5) is 0 Å². The lowest BCUT2D eigenvalue weighted by molar-refractivity contribution is -0.144. The van der Waals surface area contributed by atoms with Gasteiger partial charge in [-0.2, -0.15) is 0 Å². The Labute approximate surface area is 262 Å². The van der Waals surface area contributed by atoms with Crippen LogP contribution in [0.1, 0.15) is 91.4 Å². The van der Waals surface area contributed by atoms with E-state index < -0.39 is 52.6 Å². The fourth-order valence-electron chi connectivity index (χ4n) is 6.20. The summed E-state index contributed by atoms with van der Waals surface area (Å²) in [6.07, 6.45) is 2.91. The number of rotatable bonds is 14. The van der Waals surface area contributed by atoms with Gasteiger partial charge in [-0.1, -0.05) is 98.6 Å². The van der Waals surface area contributed by atoms with Gasteiger partial charge in [0.1, 0.15) is 6.04 Å². The fourth-order valence-corrected chi connectivity index (χ4v) is 6.20. The van der Waals surface area contributed by atoms with Gasteiger partial charge in [-0.3, -0.25) is 34.6 Å². The van der Waals surface area contributed by atoms with Crippen LogP contribution in [0.5, 0.6) is 0 Å². The Morgan fingerprint density at radius 1 is 0.886 bits per heavy atom. The van der Waals surface area contributed by atoms with E-state index in [1.165, 1.54) is 0 Å². The Hall–Kier alpha value is -3.11. The van der Waals surface area contributed by atoms with Crippen molar-refractivity contribution in [1.29, 1.82) is 0 Å². The van der Waals surface area contributed by atoms with Gasteiger partial charge in [-0.25, -0.2) is 0 Å². The number of carbonyl (C=O) groups is 5. The van der Waals surface area contributed by atoms with Crippen molar-refractivity contribution in [3.8, 4) is 0 Å². The predicted octanol–water partition coefficient (Wildman–Crippen LogP) is 3.05. The van der Waals surface area contributed by atoms with Crippen LogP contribution in [0.2, 0.25) is 0 Å². The van der Waals surface area contributed by atoms with Crippen molar-refractivity contribution < 1.29 is 24.0 Å². The molecule has 0 aromatic heterocycles. The molecule has 3 amide bonds. The molecule has 0 bridgehead atoms. The lowest BCUT2D eigenvalue weighted by Crippen LogP contribution is -2.61. The highest BCUT2D eigenvalue weighted by Gasteiger charge is 2.47. The minimum atomic E-state index is -1.07. The lowest BCUT2D eigenvalue weighted by Gasteiger charge is -2.38. The monoisotopic (exact) mass is 611 g/mol. The molecule has 3 rings (SSSR count). The second kappa shape index (κ2) is 14.3. The van der Waals surface area contributed by atoms with E-state index in [0.717, 1.165) is 12.8 Å². The largest absolute Gasteiger partial charge is 0.363 e. The molecule has 1 heterocycles. The number of hydrogen-bond donors (Lipinski definition) is 4. The smallest absolute Gasteiger partial charge is 0.287 e. The van der Waals surface area contributed by atoms with Crippen molar-refractivity contribution in [3.05, 3.63) is 35.9 Å². The molecule has 244 valence electrons. The molecule has 5 N–H and O–H groups in total. The number of primary amides is 1. The summed E-state index contributed by atoms with van der Waals surface area (Å²) < 4.78 is 0. The van der Waals surface area contributed by atoms with Gasteiger partial charge in [0.2, 0.25) is 17.6 Å². The molecular weight excluding hydrogens is 558 g/mol. The zero-order valence-electron chi connectivity index (χ0n) is 27.7. The highest BCUT2D eigenvalue weighted by molar-refractivity contribution is 6.37. The average molecular weight is 612 g/mol. The van der Waals surface area contributed by atoms with Gasteiger partial charge >= 0.3 is 0 Å². The molecule has 10 nitrogen and oxygen atoms in total. The van der Waals surface area contributed by atoms with Crippen molar-refractivity contribution in [2.45, 2.75) is 105 Å². The molecule has 0 radical (unpaired) electrons. The molecule has 2 fully saturated rings. The first kappa shape index (κ1) is 35.4. The van der Waals surface area contributed by atoms with E-state index in [4.69, 9.17) is 5.73 Å². The summed E-state index contributed by atoms with van der Waals surface area (Å²) in [5.41, 5.74) is 5.01. The summed E-state index contributed by atoms with van der Waals surface area (Å²) in [7, 11) is 0. The van der Waals surface area contributed by atoms with E-state index in [-0.39, 0.29) is 36.1 Å². The summed E-state index contributed by atoms with van der Waals surface area (Å²) in [5, 5.41) is 9.51. The molecule has 1 saturated carbocycles. The quantitative estimate of drug-likeness (QED) is 0.143. The normalized spacial score (nSPS) is 21.1. The van der Waals surface area contributed by atoms with Gasteiger partial charge < -0.3 is 16.0 Å². The Balaban J connectivity index is 1.80. The molecule has 44 heavy (non-hydrogen) atoms. The molecule has 1 unspecified atom stereocenters. The molecule has 1 aliphatic carbocycles. The molecule has 1 saturated heterocycles. The van der Waals surface area contributed by atoms with Gasteiger partial charge in [0.15, 0.2) is 5.78 Å². The van der Waals surface area contributed by atoms with E-state index in [1.54, 1.807) is 17.0 Å². The standard InChI is InChI=1S/C34H53N5O5/c1-20(2)23-16-17-39(25(23)31(43)38-24(18-21-14-15-21)27(41)30(35)42)32(44)29(34(6,7)8)37-19-36-28(33(3,4)5)26(40)22-12-10-9-11-13-22/h9-13,20-21,23-25,28-29,36-37H,14-19H2,1-8H3,(H2,35,42)(H,38,43)/t23-,24?,25+,28-,29-/m1/s1. The number of nitrogens with zero attached hydrogens (tertiary/aromatic N) is 1. The summed E-state index contributed by atoms with van der Waals surface area (Å²) in [5.74, 6) is -2.28. The maximum absolute atomic E-state index is 14.3. The first-order valence-corrected chi connectivity index (χ1v) is 15.9. The Bertz CT molecular complexity index is 1200.